The third-order valence-corrected chi connectivity index (χ3v) is 5.59. The Hall–Kier alpha value is -3.35. The molecule has 1 fully saturated rings. The Balaban J connectivity index is 1.44. The Labute approximate surface area is 189 Å². The smallest absolute Gasteiger partial charge is 0.253 e. The molecule has 3 rings (SSSR count). The number of nitrogens with zero attached hydrogens (tertiary/aromatic N) is 1. The minimum Gasteiger partial charge on any atom is -0.376 e. The van der Waals surface area contributed by atoms with E-state index in [9.17, 15) is 14.4 Å². The summed E-state index contributed by atoms with van der Waals surface area (Å²) in [6.45, 7) is 5.91. The minimum absolute atomic E-state index is 0.0215. The van der Waals surface area contributed by atoms with Crippen LogP contribution in [0.2, 0.25) is 0 Å². The predicted molar refractivity (Wildman–Crippen MR) is 128 cm³/mol. The summed E-state index contributed by atoms with van der Waals surface area (Å²) in [6, 6.07) is 14.3. The van der Waals surface area contributed by atoms with Crippen molar-refractivity contribution in [2.45, 2.75) is 39.5 Å². The molecule has 0 radical (unpaired) electrons. The molecule has 0 saturated carbocycles. The van der Waals surface area contributed by atoms with Crippen molar-refractivity contribution in [3.63, 3.8) is 0 Å². The molecule has 32 heavy (non-hydrogen) atoms. The maximum absolute atomic E-state index is 12.6. The van der Waals surface area contributed by atoms with E-state index in [1.165, 1.54) is 0 Å². The Morgan fingerprint density at radius 3 is 1.94 bits per heavy atom. The van der Waals surface area contributed by atoms with Crippen molar-refractivity contribution < 1.29 is 14.4 Å². The van der Waals surface area contributed by atoms with Crippen LogP contribution in [0.15, 0.2) is 48.5 Å². The second-order valence-corrected chi connectivity index (χ2v) is 8.33. The number of hydrogen-bond acceptors (Lipinski definition) is 4. The van der Waals surface area contributed by atoms with Crippen LogP contribution in [0.1, 0.15) is 49.9 Å². The maximum atomic E-state index is 12.6. The molecule has 3 N–H and O–H groups in total. The Kier molecular flexibility index (Phi) is 8.25. The van der Waals surface area contributed by atoms with Crippen LogP contribution >= 0.6 is 0 Å². The largest absolute Gasteiger partial charge is 0.376 e. The zero-order chi connectivity index (χ0) is 22.9. The SMILES string of the molecule is CCCC(=O)Nc1ccc(NC(=O)CNc2ccc(C(=O)N3CCC(C)CC3)cc2)cc1. The summed E-state index contributed by atoms with van der Waals surface area (Å²) in [5, 5.41) is 8.71. The highest BCUT2D eigenvalue weighted by molar-refractivity contribution is 5.96. The quantitative estimate of drug-likeness (QED) is 0.574. The highest BCUT2D eigenvalue weighted by Crippen LogP contribution is 2.19. The predicted octanol–water partition coefficient (Wildman–Crippen LogP) is 4.35. The molecule has 0 atom stereocenters. The number of anilines is 3. The van der Waals surface area contributed by atoms with Gasteiger partial charge >= 0.3 is 0 Å². The molecule has 0 aromatic heterocycles. The number of benzene rings is 2. The van der Waals surface area contributed by atoms with Gasteiger partial charge in [0.2, 0.25) is 11.8 Å². The van der Waals surface area contributed by atoms with Crippen molar-refractivity contribution in [1.82, 2.24) is 4.90 Å². The van der Waals surface area contributed by atoms with Gasteiger partial charge in [0, 0.05) is 42.1 Å². The first-order valence-electron chi connectivity index (χ1n) is 11.3. The standard InChI is InChI=1S/C25H32N4O3/c1-3-4-23(30)27-21-9-11-22(12-10-21)28-24(31)17-26-20-7-5-19(6-8-20)25(32)29-15-13-18(2)14-16-29/h5-12,18,26H,3-4,13-17H2,1-2H3,(H,27,30)(H,28,31). The van der Waals surface area contributed by atoms with Gasteiger partial charge in [-0.3, -0.25) is 14.4 Å². The van der Waals surface area contributed by atoms with E-state index < -0.39 is 0 Å². The molecule has 3 amide bonds. The zero-order valence-corrected chi connectivity index (χ0v) is 18.8. The monoisotopic (exact) mass is 436 g/mol. The lowest BCUT2D eigenvalue weighted by Gasteiger charge is -2.30. The molecule has 7 nitrogen and oxygen atoms in total. The summed E-state index contributed by atoms with van der Waals surface area (Å²) in [5.74, 6) is 0.541. The molecule has 0 bridgehead atoms. The van der Waals surface area contributed by atoms with Gasteiger partial charge in [0.15, 0.2) is 0 Å². The number of carbonyl (C=O) groups excluding carboxylic acids is 3. The van der Waals surface area contributed by atoms with Crippen LogP contribution in [0.3, 0.4) is 0 Å². The molecule has 0 unspecified atom stereocenters. The molecule has 0 aliphatic carbocycles. The van der Waals surface area contributed by atoms with Crippen molar-refractivity contribution in [1.29, 1.82) is 0 Å². The molecular formula is C25H32N4O3. The van der Waals surface area contributed by atoms with Crippen molar-refractivity contribution in [2.75, 3.05) is 35.6 Å². The van der Waals surface area contributed by atoms with Crippen LogP contribution in [0.4, 0.5) is 17.1 Å². The molecule has 1 aliphatic rings. The molecular weight excluding hydrogens is 404 g/mol. The molecule has 2 aromatic rings. The summed E-state index contributed by atoms with van der Waals surface area (Å²) in [4.78, 5) is 38.4. The van der Waals surface area contributed by atoms with Crippen LogP contribution in [0.25, 0.3) is 0 Å². The fraction of sp³-hybridized carbons (Fsp3) is 0.400. The summed E-state index contributed by atoms with van der Waals surface area (Å²) in [5.41, 5.74) is 2.80. The second kappa shape index (κ2) is 11.3. The Bertz CT molecular complexity index is 917. The van der Waals surface area contributed by atoms with E-state index in [0.717, 1.165) is 38.0 Å². The molecule has 1 heterocycles. The van der Waals surface area contributed by atoms with Crippen molar-refractivity contribution in [3.8, 4) is 0 Å². The molecule has 2 aromatic carbocycles. The van der Waals surface area contributed by atoms with Crippen molar-refractivity contribution in [2.24, 2.45) is 5.92 Å². The van der Waals surface area contributed by atoms with Gasteiger partial charge in [-0.15, -0.1) is 0 Å². The van der Waals surface area contributed by atoms with E-state index in [0.29, 0.717) is 29.3 Å². The number of hydrogen-bond donors (Lipinski definition) is 3. The first-order valence-corrected chi connectivity index (χ1v) is 11.3. The minimum atomic E-state index is -0.185. The van der Waals surface area contributed by atoms with Crippen LogP contribution in [-0.2, 0) is 9.59 Å². The molecule has 0 spiro atoms. The topological polar surface area (TPSA) is 90.5 Å². The highest BCUT2D eigenvalue weighted by atomic mass is 16.2. The summed E-state index contributed by atoms with van der Waals surface area (Å²) in [7, 11) is 0. The second-order valence-electron chi connectivity index (χ2n) is 8.33. The Morgan fingerprint density at radius 2 is 1.38 bits per heavy atom. The molecule has 170 valence electrons. The fourth-order valence-corrected chi connectivity index (χ4v) is 3.60. The van der Waals surface area contributed by atoms with Crippen LogP contribution in [-0.4, -0.2) is 42.3 Å². The van der Waals surface area contributed by atoms with E-state index in [2.05, 4.69) is 22.9 Å². The van der Waals surface area contributed by atoms with E-state index >= 15 is 0 Å². The lowest BCUT2D eigenvalue weighted by molar-refractivity contribution is -0.116. The average Bonchev–Trinajstić information content (AvgIpc) is 2.79. The number of amides is 3. The number of likely N-dealkylation sites (tertiary alicyclic amines) is 1. The lowest BCUT2D eigenvalue weighted by Crippen LogP contribution is -2.37. The number of rotatable bonds is 8. The first-order chi connectivity index (χ1) is 15.4. The highest BCUT2D eigenvalue weighted by Gasteiger charge is 2.21. The molecule has 7 heteroatoms. The molecule has 1 aliphatic heterocycles. The third-order valence-electron chi connectivity index (χ3n) is 5.59. The van der Waals surface area contributed by atoms with Crippen molar-refractivity contribution >= 4 is 34.8 Å². The van der Waals surface area contributed by atoms with Gasteiger partial charge in [-0.1, -0.05) is 13.8 Å². The summed E-state index contributed by atoms with van der Waals surface area (Å²) >= 11 is 0. The van der Waals surface area contributed by atoms with Gasteiger partial charge in [-0.2, -0.15) is 0 Å². The van der Waals surface area contributed by atoms with Gasteiger partial charge in [0.25, 0.3) is 5.91 Å². The first kappa shape index (κ1) is 23.3. The van der Waals surface area contributed by atoms with Gasteiger partial charge < -0.3 is 20.9 Å². The van der Waals surface area contributed by atoms with Crippen LogP contribution < -0.4 is 16.0 Å². The zero-order valence-electron chi connectivity index (χ0n) is 18.8. The normalized spacial score (nSPS) is 14.0. The van der Waals surface area contributed by atoms with E-state index in [1.807, 2.05) is 24.0 Å². The van der Waals surface area contributed by atoms with E-state index in [1.54, 1.807) is 36.4 Å². The van der Waals surface area contributed by atoms with Gasteiger partial charge in [0.05, 0.1) is 6.54 Å². The number of carbonyl (C=O) groups is 3. The van der Waals surface area contributed by atoms with Gasteiger partial charge in [0.1, 0.15) is 0 Å². The number of nitrogens with one attached hydrogen (secondary N) is 3. The van der Waals surface area contributed by atoms with Crippen LogP contribution in [0.5, 0.6) is 0 Å². The van der Waals surface area contributed by atoms with Crippen LogP contribution in [0, 0.1) is 5.92 Å². The average molecular weight is 437 g/mol. The third kappa shape index (κ3) is 6.83. The summed E-state index contributed by atoms with van der Waals surface area (Å²) < 4.78 is 0. The Morgan fingerprint density at radius 1 is 0.844 bits per heavy atom. The van der Waals surface area contributed by atoms with Gasteiger partial charge in [-0.05, 0) is 73.7 Å². The van der Waals surface area contributed by atoms with E-state index in [-0.39, 0.29) is 24.3 Å². The lowest BCUT2D eigenvalue weighted by atomic mass is 9.98. The van der Waals surface area contributed by atoms with Crippen molar-refractivity contribution in [3.05, 3.63) is 54.1 Å². The summed E-state index contributed by atoms with van der Waals surface area (Å²) in [6.07, 6.45) is 3.38. The number of piperidine rings is 1. The molecule has 1 saturated heterocycles. The van der Waals surface area contributed by atoms with E-state index in [4.69, 9.17) is 0 Å². The fourth-order valence-electron chi connectivity index (χ4n) is 3.60. The maximum Gasteiger partial charge on any atom is 0.253 e. The van der Waals surface area contributed by atoms with Gasteiger partial charge in [-0.25, -0.2) is 0 Å².